The molecule has 0 bridgehead atoms. The van der Waals surface area contributed by atoms with Crippen LogP contribution in [0.2, 0.25) is 0 Å². The third kappa shape index (κ3) is 0.877. The molecule has 11 heavy (non-hydrogen) atoms. The Kier molecular flexibility index (Phi) is 1.33. The van der Waals surface area contributed by atoms with Crippen molar-refractivity contribution >= 4 is 5.69 Å². The van der Waals surface area contributed by atoms with E-state index in [-0.39, 0.29) is 0 Å². The van der Waals surface area contributed by atoms with Gasteiger partial charge in [0.1, 0.15) is 0 Å². The molecule has 53 valence electrons. The van der Waals surface area contributed by atoms with Gasteiger partial charge in [0.2, 0.25) is 0 Å². The Morgan fingerprint density at radius 1 is 1.45 bits per heavy atom. The minimum atomic E-state index is 0.897. The summed E-state index contributed by atoms with van der Waals surface area (Å²) in [5.41, 5.74) is 3.33. The second-order valence-electron chi connectivity index (χ2n) is 2.58. The van der Waals surface area contributed by atoms with E-state index in [0.29, 0.717) is 0 Å². The monoisotopic (exact) mass is 142 g/mol. The van der Waals surface area contributed by atoms with Gasteiger partial charge in [-0.05, 0) is 24.1 Å². The Hall–Kier alpha value is -1.42. The highest BCUT2D eigenvalue weighted by atomic mass is 14.9. The average molecular weight is 142 g/mol. The molecule has 1 heteroatoms. The minimum Gasteiger partial charge on any atom is -0.285 e. The molecule has 0 aromatic heterocycles. The summed E-state index contributed by atoms with van der Waals surface area (Å²) >= 11 is 0. The zero-order valence-corrected chi connectivity index (χ0v) is 6.17. The van der Waals surface area contributed by atoms with E-state index in [0.717, 1.165) is 24.2 Å². The van der Waals surface area contributed by atoms with Gasteiger partial charge < -0.3 is 0 Å². The van der Waals surface area contributed by atoms with Crippen molar-refractivity contribution in [1.29, 1.82) is 0 Å². The quantitative estimate of drug-likeness (QED) is 0.487. The molecule has 1 radical (unpaired) electrons. The molecule has 0 aliphatic carbocycles. The highest BCUT2D eigenvalue weighted by molar-refractivity contribution is 5.57. The zero-order chi connectivity index (χ0) is 7.68. The highest BCUT2D eigenvalue weighted by Gasteiger charge is 2.13. The Morgan fingerprint density at radius 2 is 2.36 bits per heavy atom. The number of hydrogen-bond donors (Lipinski definition) is 0. The van der Waals surface area contributed by atoms with Crippen molar-refractivity contribution in [2.75, 3.05) is 6.54 Å². The largest absolute Gasteiger partial charge is 0.285 e. The molecule has 0 unspecified atom stereocenters. The van der Waals surface area contributed by atoms with Gasteiger partial charge in [0.25, 0.3) is 0 Å². The summed E-state index contributed by atoms with van der Waals surface area (Å²) in [6.07, 6.45) is 6.34. The molecule has 1 aliphatic rings. The SMILES string of the molecule is C#Cc1cccc2c1CC[N]2. The molecule has 0 saturated heterocycles. The maximum Gasteiger partial charge on any atom is 0.0619 e. The van der Waals surface area contributed by atoms with Crippen LogP contribution >= 0.6 is 0 Å². The Labute approximate surface area is 66.4 Å². The number of terminal acetylenes is 1. The normalized spacial score (nSPS) is 13.4. The smallest absolute Gasteiger partial charge is 0.0619 e. The average Bonchev–Trinajstić information content (AvgIpc) is 2.50. The molecular weight excluding hydrogens is 134 g/mol. The molecule has 0 saturated carbocycles. The number of nitrogens with zero attached hydrogens (tertiary/aromatic N) is 1. The third-order valence-corrected chi connectivity index (χ3v) is 1.95. The Morgan fingerprint density at radius 3 is 3.18 bits per heavy atom. The standard InChI is InChI=1S/C10H8N/c1-2-8-4-3-5-10-9(8)6-7-11-10/h1,3-5H,6-7H2. The van der Waals surface area contributed by atoms with E-state index >= 15 is 0 Å². The van der Waals surface area contributed by atoms with E-state index in [9.17, 15) is 0 Å². The van der Waals surface area contributed by atoms with E-state index in [1.54, 1.807) is 0 Å². The number of rotatable bonds is 0. The molecular formula is C10H8N. The summed E-state index contributed by atoms with van der Waals surface area (Å²) in [7, 11) is 0. The molecule has 1 heterocycles. The molecule has 0 N–H and O–H groups in total. The van der Waals surface area contributed by atoms with E-state index in [4.69, 9.17) is 6.42 Å². The van der Waals surface area contributed by atoms with E-state index in [1.165, 1.54) is 5.56 Å². The third-order valence-electron chi connectivity index (χ3n) is 1.95. The molecule has 1 aromatic rings. The number of benzene rings is 1. The highest BCUT2D eigenvalue weighted by Crippen LogP contribution is 2.24. The van der Waals surface area contributed by atoms with Crippen LogP contribution in [0.25, 0.3) is 0 Å². The molecule has 1 aliphatic heterocycles. The van der Waals surface area contributed by atoms with Crippen LogP contribution in [-0.4, -0.2) is 6.54 Å². The predicted octanol–water partition coefficient (Wildman–Crippen LogP) is 1.46. The van der Waals surface area contributed by atoms with Crippen LogP contribution in [0.15, 0.2) is 18.2 Å². The lowest BCUT2D eigenvalue weighted by Crippen LogP contribution is -1.88. The van der Waals surface area contributed by atoms with Crippen molar-refractivity contribution in [1.82, 2.24) is 5.32 Å². The van der Waals surface area contributed by atoms with Crippen molar-refractivity contribution in [2.45, 2.75) is 6.42 Å². The minimum absolute atomic E-state index is 0.897. The van der Waals surface area contributed by atoms with Gasteiger partial charge in [-0.2, -0.15) is 0 Å². The first-order chi connectivity index (χ1) is 5.42. The zero-order valence-electron chi connectivity index (χ0n) is 6.17. The van der Waals surface area contributed by atoms with Gasteiger partial charge in [0, 0.05) is 12.1 Å². The molecule has 1 aromatic carbocycles. The van der Waals surface area contributed by atoms with Gasteiger partial charge in [-0.3, -0.25) is 5.32 Å². The topological polar surface area (TPSA) is 14.1 Å². The van der Waals surface area contributed by atoms with Gasteiger partial charge >= 0.3 is 0 Å². The van der Waals surface area contributed by atoms with Crippen LogP contribution in [0.1, 0.15) is 11.1 Å². The van der Waals surface area contributed by atoms with E-state index < -0.39 is 0 Å². The van der Waals surface area contributed by atoms with Crippen LogP contribution in [-0.2, 0) is 6.42 Å². The molecule has 2 rings (SSSR count). The van der Waals surface area contributed by atoms with Crippen LogP contribution < -0.4 is 5.32 Å². The van der Waals surface area contributed by atoms with Gasteiger partial charge in [0.05, 0.1) is 5.69 Å². The maximum absolute atomic E-state index is 5.33. The Bertz CT molecular complexity index is 320. The summed E-state index contributed by atoms with van der Waals surface area (Å²) in [4.78, 5) is 0. The van der Waals surface area contributed by atoms with Gasteiger partial charge in [-0.25, -0.2) is 0 Å². The first-order valence-corrected chi connectivity index (χ1v) is 3.68. The summed E-state index contributed by atoms with van der Waals surface area (Å²) in [6.45, 7) is 0.897. The van der Waals surface area contributed by atoms with E-state index in [1.807, 2.05) is 18.2 Å². The number of fused-ring (bicyclic) bond motifs is 1. The molecule has 0 amide bonds. The molecule has 0 spiro atoms. The molecule has 1 nitrogen and oxygen atoms in total. The lowest BCUT2D eigenvalue weighted by molar-refractivity contribution is 0.908. The second-order valence-corrected chi connectivity index (χ2v) is 2.58. The van der Waals surface area contributed by atoms with Crippen molar-refractivity contribution in [3.05, 3.63) is 29.3 Å². The summed E-state index contributed by atoms with van der Waals surface area (Å²) in [5.74, 6) is 2.67. The fraction of sp³-hybridized carbons (Fsp3) is 0.200. The molecule has 0 atom stereocenters. The Balaban J connectivity index is 2.61. The van der Waals surface area contributed by atoms with Crippen LogP contribution in [0.3, 0.4) is 0 Å². The van der Waals surface area contributed by atoms with Crippen molar-refractivity contribution in [3.63, 3.8) is 0 Å². The lowest BCUT2D eigenvalue weighted by Gasteiger charge is -1.98. The van der Waals surface area contributed by atoms with Crippen LogP contribution in [0.4, 0.5) is 5.69 Å². The molecule has 0 fully saturated rings. The van der Waals surface area contributed by atoms with Gasteiger partial charge in [-0.1, -0.05) is 12.0 Å². The van der Waals surface area contributed by atoms with Crippen molar-refractivity contribution in [3.8, 4) is 12.3 Å². The fourth-order valence-corrected chi connectivity index (χ4v) is 1.41. The number of hydrogen-bond acceptors (Lipinski definition) is 0. The first kappa shape index (κ1) is 6.30. The van der Waals surface area contributed by atoms with Crippen molar-refractivity contribution < 1.29 is 0 Å². The van der Waals surface area contributed by atoms with Crippen LogP contribution in [0, 0.1) is 12.3 Å². The van der Waals surface area contributed by atoms with Gasteiger partial charge in [-0.15, -0.1) is 6.42 Å². The predicted molar refractivity (Wildman–Crippen MR) is 44.7 cm³/mol. The second kappa shape index (κ2) is 2.32. The summed E-state index contributed by atoms with van der Waals surface area (Å²) < 4.78 is 0. The van der Waals surface area contributed by atoms with Gasteiger partial charge in [0.15, 0.2) is 0 Å². The van der Waals surface area contributed by atoms with Crippen LogP contribution in [0.5, 0.6) is 0 Å². The maximum atomic E-state index is 5.33. The fourth-order valence-electron chi connectivity index (χ4n) is 1.41. The lowest BCUT2D eigenvalue weighted by atomic mass is 10.1. The van der Waals surface area contributed by atoms with Crippen molar-refractivity contribution in [2.24, 2.45) is 0 Å². The summed E-state index contributed by atoms with van der Waals surface area (Å²) in [6, 6.07) is 5.95. The first-order valence-electron chi connectivity index (χ1n) is 3.68. The van der Waals surface area contributed by atoms with E-state index in [2.05, 4.69) is 11.2 Å². The summed E-state index contributed by atoms with van der Waals surface area (Å²) in [5, 5.41) is 4.31.